The summed E-state index contributed by atoms with van der Waals surface area (Å²) in [6.07, 6.45) is 0.947. The quantitative estimate of drug-likeness (QED) is 0.887. The van der Waals surface area contributed by atoms with Crippen molar-refractivity contribution in [3.63, 3.8) is 0 Å². The van der Waals surface area contributed by atoms with Crippen LogP contribution in [0.15, 0.2) is 36.4 Å². The van der Waals surface area contributed by atoms with Crippen molar-refractivity contribution in [3.05, 3.63) is 56.7 Å². The molecule has 0 aliphatic carbocycles. The first-order valence-corrected chi connectivity index (χ1v) is 6.91. The second-order valence-corrected chi connectivity index (χ2v) is 6.06. The molecular weight excluding hydrogens is 250 g/mol. The SMILES string of the molecule is CC(CN)c1cccc(Cc2ccc(Cl)s2)c1. The summed E-state index contributed by atoms with van der Waals surface area (Å²) in [5.74, 6) is 0.418. The van der Waals surface area contributed by atoms with Crippen LogP contribution in [0.1, 0.15) is 28.8 Å². The molecule has 0 saturated carbocycles. The van der Waals surface area contributed by atoms with E-state index in [2.05, 4.69) is 37.3 Å². The number of rotatable bonds is 4. The smallest absolute Gasteiger partial charge is 0.0931 e. The second kappa shape index (κ2) is 5.67. The Morgan fingerprint density at radius 1 is 1.29 bits per heavy atom. The molecular formula is C14H16ClNS. The summed E-state index contributed by atoms with van der Waals surface area (Å²) in [5, 5.41) is 0. The maximum Gasteiger partial charge on any atom is 0.0931 e. The van der Waals surface area contributed by atoms with E-state index in [1.807, 2.05) is 6.07 Å². The van der Waals surface area contributed by atoms with Crippen molar-refractivity contribution in [2.75, 3.05) is 6.54 Å². The summed E-state index contributed by atoms with van der Waals surface area (Å²) in [6.45, 7) is 2.84. The van der Waals surface area contributed by atoms with Gasteiger partial charge in [0.1, 0.15) is 0 Å². The highest BCUT2D eigenvalue weighted by Crippen LogP contribution is 2.25. The van der Waals surface area contributed by atoms with Gasteiger partial charge in [-0.05, 0) is 35.7 Å². The molecule has 0 amide bonds. The van der Waals surface area contributed by atoms with Gasteiger partial charge in [-0.25, -0.2) is 0 Å². The van der Waals surface area contributed by atoms with E-state index in [1.54, 1.807) is 11.3 Å². The Morgan fingerprint density at radius 3 is 2.76 bits per heavy atom. The minimum absolute atomic E-state index is 0.418. The van der Waals surface area contributed by atoms with Gasteiger partial charge in [-0.1, -0.05) is 42.8 Å². The minimum atomic E-state index is 0.418. The zero-order valence-corrected chi connectivity index (χ0v) is 11.4. The summed E-state index contributed by atoms with van der Waals surface area (Å²) in [4.78, 5) is 1.30. The third-order valence-corrected chi connectivity index (χ3v) is 4.11. The Hall–Kier alpha value is -0.830. The molecule has 90 valence electrons. The largest absolute Gasteiger partial charge is 0.330 e. The summed E-state index contributed by atoms with van der Waals surface area (Å²) >= 11 is 7.58. The maximum atomic E-state index is 5.93. The average molecular weight is 266 g/mol. The molecule has 1 aromatic heterocycles. The van der Waals surface area contributed by atoms with E-state index in [1.165, 1.54) is 16.0 Å². The Kier molecular flexibility index (Phi) is 4.21. The molecule has 17 heavy (non-hydrogen) atoms. The van der Waals surface area contributed by atoms with Crippen LogP contribution in [0.3, 0.4) is 0 Å². The van der Waals surface area contributed by atoms with Gasteiger partial charge in [0.15, 0.2) is 0 Å². The maximum absolute atomic E-state index is 5.93. The van der Waals surface area contributed by atoms with Gasteiger partial charge in [0, 0.05) is 11.3 Å². The lowest BCUT2D eigenvalue weighted by Gasteiger charge is -2.10. The lowest BCUT2D eigenvalue weighted by atomic mass is 9.98. The fraction of sp³-hybridized carbons (Fsp3) is 0.286. The van der Waals surface area contributed by atoms with Crippen LogP contribution >= 0.6 is 22.9 Å². The zero-order chi connectivity index (χ0) is 12.3. The standard InChI is InChI=1S/C14H16ClNS/c1-10(9-16)12-4-2-3-11(7-12)8-13-5-6-14(15)17-13/h2-7,10H,8-9,16H2,1H3. The fourth-order valence-electron chi connectivity index (χ4n) is 1.79. The highest BCUT2D eigenvalue weighted by molar-refractivity contribution is 7.16. The fourth-order valence-corrected chi connectivity index (χ4v) is 2.92. The van der Waals surface area contributed by atoms with Crippen molar-refractivity contribution < 1.29 is 0 Å². The molecule has 2 rings (SSSR count). The van der Waals surface area contributed by atoms with Crippen LogP contribution in [0.2, 0.25) is 4.34 Å². The molecule has 0 aliphatic heterocycles. The predicted octanol–water partition coefficient (Wildman–Crippen LogP) is 4.05. The van der Waals surface area contributed by atoms with Gasteiger partial charge in [-0.3, -0.25) is 0 Å². The van der Waals surface area contributed by atoms with Crippen LogP contribution in [0.5, 0.6) is 0 Å². The average Bonchev–Trinajstić information content (AvgIpc) is 2.74. The molecule has 0 aliphatic rings. The van der Waals surface area contributed by atoms with Gasteiger partial charge in [0.05, 0.1) is 4.34 Å². The molecule has 0 radical (unpaired) electrons. The number of halogens is 1. The molecule has 2 aromatic rings. The molecule has 1 nitrogen and oxygen atoms in total. The molecule has 0 fully saturated rings. The van der Waals surface area contributed by atoms with Gasteiger partial charge in [0.2, 0.25) is 0 Å². The van der Waals surface area contributed by atoms with E-state index in [4.69, 9.17) is 17.3 Å². The highest BCUT2D eigenvalue weighted by Gasteiger charge is 2.05. The van der Waals surface area contributed by atoms with Gasteiger partial charge in [-0.2, -0.15) is 0 Å². The van der Waals surface area contributed by atoms with Crippen LogP contribution in [0.4, 0.5) is 0 Å². The topological polar surface area (TPSA) is 26.0 Å². The lowest BCUT2D eigenvalue weighted by molar-refractivity contribution is 0.772. The normalized spacial score (nSPS) is 12.6. The molecule has 1 unspecified atom stereocenters. The first-order valence-electron chi connectivity index (χ1n) is 5.72. The minimum Gasteiger partial charge on any atom is -0.330 e. The van der Waals surface area contributed by atoms with Crippen LogP contribution in [0.25, 0.3) is 0 Å². The molecule has 0 saturated heterocycles. The Labute approximate surface area is 111 Å². The van der Waals surface area contributed by atoms with E-state index in [9.17, 15) is 0 Å². The number of hydrogen-bond donors (Lipinski definition) is 1. The molecule has 1 atom stereocenters. The van der Waals surface area contributed by atoms with Gasteiger partial charge in [-0.15, -0.1) is 11.3 Å². The Morgan fingerprint density at radius 2 is 2.12 bits per heavy atom. The van der Waals surface area contributed by atoms with E-state index < -0.39 is 0 Å². The van der Waals surface area contributed by atoms with Crippen LogP contribution in [-0.4, -0.2) is 6.54 Å². The Bertz CT molecular complexity index is 492. The van der Waals surface area contributed by atoms with Crippen molar-refractivity contribution in [2.24, 2.45) is 5.73 Å². The van der Waals surface area contributed by atoms with E-state index >= 15 is 0 Å². The lowest BCUT2D eigenvalue weighted by Crippen LogP contribution is -2.08. The van der Waals surface area contributed by atoms with Crippen molar-refractivity contribution >= 4 is 22.9 Å². The molecule has 1 heterocycles. The van der Waals surface area contributed by atoms with Crippen LogP contribution < -0.4 is 5.73 Å². The molecule has 1 aromatic carbocycles. The monoisotopic (exact) mass is 265 g/mol. The van der Waals surface area contributed by atoms with E-state index in [-0.39, 0.29) is 0 Å². The molecule has 0 bridgehead atoms. The number of hydrogen-bond acceptors (Lipinski definition) is 2. The van der Waals surface area contributed by atoms with Crippen LogP contribution in [-0.2, 0) is 6.42 Å². The third-order valence-electron chi connectivity index (χ3n) is 2.88. The number of nitrogens with two attached hydrogens (primary N) is 1. The molecule has 3 heteroatoms. The van der Waals surface area contributed by atoms with Gasteiger partial charge >= 0.3 is 0 Å². The summed E-state index contributed by atoms with van der Waals surface area (Å²) in [6, 6.07) is 12.7. The highest BCUT2D eigenvalue weighted by atomic mass is 35.5. The number of thiophene rings is 1. The van der Waals surface area contributed by atoms with Gasteiger partial charge in [0.25, 0.3) is 0 Å². The number of benzene rings is 1. The van der Waals surface area contributed by atoms with E-state index in [0.717, 1.165) is 10.8 Å². The zero-order valence-electron chi connectivity index (χ0n) is 9.82. The Balaban J connectivity index is 2.16. The molecule has 0 spiro atoms. The first kappa shape index (κ1) is 12.6. The summed E-state index contributed by atoms with van der Waals surface area (Å²) < 4.78 is 0.853. The van der Waals surface area contributed by atoms with Crippen molar-refractivity contribution in [1.82, 2.24) is 0 Å². The van der Waals surface area contributed by atoms with Gasteiger partial charge < -0.3 is 5.73 Å². The van der Waals surface area contributed by atoms with Crippen molar-refractivity contribution in [3.8, 4) is 0 Å². The molecule has 2 N–H and O–H groups in total. The second-order valence-electron chi connectivity index (χ2n) is 4.26. The van der Waals surface area contributed by atoms with Crippen molar-refractivity contribution in [2.45, 2.75) is 19.3 Å². The summed E-state index contributed by atoms with van der Waals surface area (Å²) in [5.41, 5.74) is 8.33. The van der Waals surface area contributed by atoms with E-state index in [0.29, 0.717) is 12.5 Å². The third kappa shape index (κ3) is 3.32. The van der Waals surface area contributed by atoms with Crippen LogP contribution in [0, 0.1) is 0 Å². The van der Waals surface area contributed by atoms with Crippen molar-refractivity contribution in [1.29, 1.82) is 0 Å². The first-order chi connectivity index (χ1) is 8.19. The summed E-state index contributed by atoms with van der Waals surface area (Å²) in [7, 11) is 0. The predicted molar refractivity (Wildman–Crippen MR) is 76.0 cm³/mol.